The SMILES string of the molecule is CCO[C@@H]1CN(N)C[C@@H]1O. The Morgan fingerprint density at radius 3 is 2.80 bits per heavy atom. The summed E-state index contributed by atoms with van der Waals surface area (Å²) in [5.74, 6) is 5.44. The fourth-order valence-electron chi connectivity index (χ4n) is 1.16. The number of ether oxygens (including phenoxy) is 1. The molecule has 0 spiro atoms. The average Bonchev–Trinajstić information content (AvgIpc) is 2.13. The third kappa shape index (κ3) is 1.67. The molecule has 0 amide bonds. The lowest BCUT2D eigenvalue weighted by Gasteiger charge is -2.11. The highest BCUT2D eigenvalue weighted by Gasteiger charge is 2.29. The predicted octanol–water partition coefficient (Wildman–Crippen LogP) is -1.06. The summed E-state index contributed by atoms with van der Waals surface area (Å²) in [7, 11) is 0. The molecule has 10 heavy (non-hydrogen) atoms. The van der Waals surface area contributed by atoms with Gasteiger partial charge in [0.2, 0.25) is 0 Å². The van der Waals surface area contributed by atoms with Gasteiger partial charge in [-0.05, 0) is 6.92 Å². The Hall–Kier alpha value is -0.160. The van der Waals surface area contributed by atoms with Crippen molar-refractivity contribution in [2.75, 3.05) is 19.7 Å². The van der Waals surface area contributed by atoms with Gasteiger partial charge in [-0.2, -0.15) is 0 Å². The Bertz CT molecular complexity index is 110. The lowest BCUT2D eigenvalue weighted by atomic mass is 10.3. The second-order valence-corrected chi connectivity index (χ2v) is 2.52. The summed E-state index contributed by atoms with van der Waals surface area (Å²) in [5, 5.41) is 10.8. The van der Waals surface area contributed by atoms with E-state index < -0.39 is 6.10 Å². The minimum absolute atomic E-state index is 0.0880. The number of hydrazine groups is 1. The molecular weight excluding hydrogens is 132 g/mol. The highest BCUT2D eigenvalue weighted by Crippen LogP contribution is 2.09. The molecule has 0 aromatic carbocycles. The standard InChI is InChI=1S/C6H14N2O2/c1-2-10-6-4-8(7)3-5(6)9/h5-6,9H,2-4,7H2,1H3/t5-,6+/m0/s1. The van der Waals surface area contributed by atoms with E-state index in [9.17, 15) is 5.11 Å². The first-order valence-corrected chi connectivity index (χ1v) is 3.53. The van der Waals surface area contributed by atoms with Gasteiger partial charge < -0.3 is 9.84 Å². The number of β-amino-alcohol motifs (C(OH)–C–C–N with tert-alkyl or cyclic N) is 1. The van der Waals surface area contributed by atoms with Crippen molar-refractivity contribution in [3.63, 3.8) is 0 Å². The lowest BCUT2D eigenvalue weighted by Crippen LogP contribution is -2.29. The quantitative estimate of drug-likeness (QED) is 0.488. The van der Waals surface area contributed by atoms with E-state index in [1.165, 1.54) is 0 Å². The minimum atomic E-state index is -0.412. The smallest absolute Gasteiger partial charge is 0.0987 e. The topological polar surface area (TPSA) is 58.7 Å². The average molecular weight is 146 g/mol. The van der Waals surface area contributed by atoms with Gasteiger partial charge in [0.1, 0.15) is 0 Å². The zero-order chi connectivity index (χ0) is 7.56. The summed E-state index contributed by atoms with van der Waals surface area (Å²) in [6.07, 6.45) is -0.500. The highest BCUT2D eigenvalue weighted by atomic mass is 16.5. The van der Waals surface area contributed by atoms with Crippen LogP contribution in [-0.4, -0.2) is 42.0 Å². The van der Waals surface area contributed by atoms with Crippen LogP contribution in [0.3, 0.4) is 0 Å². The molecule has 0 aromatic heterocycles. The molecule has 1 aliphatic rings. The van der Waals surface area contributed by atoms with Gasteiger partial charge in [0, 0.05) is 19.7 Å². The van der Waals surface area contributed by atoms with E-state index in [1.54, 1.807) is 5.01 Å². The number of aliphatic hydroxyl groups is 1. The van der Waals surface area contributed by atoms with Gasteiger partial charge in [-0.3, -0.25) is 5.84 Å². The van der Waals surface area contributed by atoms with Crippen molar-refractivity contribution in [1.29, 1.82) is 0 Å². The van der Waals surface area contributed by atoms with Crippen molar-refractivity contribution in [3.8, 4) is 0 Å². The predicted molar refractivity (Wildman–Crippen MR) is 37.2 cm³/mol. The molecule has 0 aromatic rings. The van der Waals surface area contributed by atoms with Crippen LogP contribution >= 0.6 is 0 Å². The maximum Gasteiger partial charge on any atom is 0.0987 e. The van der Waals surface area contributed by atoms with Crippen molar-refractivity contribution in [2.24, 2.45) is 5.84 Å². The molecule has 0 bridgehead atoms. The second kappa shape index (κ2) is 3.30. The van der Waals surface area contributed by atoms with E-state index in [2.05, 4.69) is 0 Å². The van der Waals surface area contributed by atoms with Crippen LogP contribution < -0.4 is 5.84 Å². The maximum absolute atomic E-state index is 9.24. The van der Waals surface area contributed by atoms with Crippen LogP contribution in [0.25, 0.3) is 0 Å². The third-order valence-electron chi connectivity index (χ3n) is 1.65. The highest BCUT2D eigenvalue weighted by molar-refractivity contribution is 4.81. The lowest BCUT2D eigenvalue weighted by molar-refractivity contribution is -0.00242. The van der Waals surface area contributed by atoms with Gasteiger partial charge in [-0.1, -0.05) is 0 Å². The molecule has 0 unspecified atom stereocenters. The Morgan fingerprint density at radius 2 is 2.40 bits per heavy atom. The summed E-state index contributed by atoms with van der Waals surface area (Å²) in [5.41, 5.74) is 0. The molecule has 3 N–H and O–H groups in total. The van der Waals surface area contributed by atoms with E-state index in [0.717, 1.165) is 0 Å². The van der Waals surface area contributed by atoms with Gasteiger partial charge in [0.15, 0.2) is 0 Å². The molecule has 0 saturated carbocycles. The fourth-order valence-corrected chi connectivity index (χ4v) is 1.16. The number of aliphatic hydroxyl groups excluding tert-OH is 1. The van der Waals surface area contributed by atoms with Crippen molar-refractivity contribution in [3.05, 3.63) is 0 Å². The third-order valence-corrected chi connectivity index (χ3v) is 1.65. The van der Waals surface area contributed by atoms with Gasteiger partial charge in [-0.15, -0.1) is 0 Å². The first-order chi connectivity index (χ1) is 4.74. The van der Waals surface area contributed by atoms with Crippen molar-refractivity contribution in [2.45, 2.75) is 19.1 Å². The van der Waals surface area contributed by atoms with Crippen LogP contribution in [0, 0.1) is 0 Å². The summed E-state index contributed by atoms with van der Waals surface area (Å²) in [6.45, 7) is 3.70. The molecule has 1 fully saturated rings. The first kappa shape index (κ1) is 7.94. The molecule has 60 valence electrons. The van der Waals surface area contributed by atoms with Gasteiger partial charge in [0.05, 0.1) is 12.2 Å². The number of nitrogens with two attached hydrogens (primary N) is 1. The van der Waals surface area contributed by atoms with Gasteiger partial charge >= 0.3 is 0 Å². The Balaban J connectivity index is 2.31. The maximum atomic E-state index is 9.24. The fraction of sp³-hybridized carbons (Fsp3) is 1.00. The Kier molecular flexibility index (Phi) is 2.62. The minimum Gasteiger partial charge on any atom is -0.389 e. The number of rotatable bonds is 2. The molecule has 1 rings (SSSR count). The first-order valence-electron chi connectivity index (χ1n) is 3.53. The molecule has 0 aliphatic carbocycles. The van der Waals surface area contributed by atoms with Crippen LogP contribution in [0.5, 0.6) is 0 Å². The molecule has 2 atom stereocenters. The summed E-state index contributed by atoms with van der Waals surface area (Å²) in [6, 6.07) is 0. The monoisotopic (exact) mass is 146 g/mol. The molecule has 1 saturated heterocycles. The van der Waals surface area contributed by atoms with E-state index >= 15 is 0 Å². The van der Waals surface area contributed by atoms with Crippen molar-refractivity contribution >= 4 is 0 Å². The number of hydrogen-bond acceptors (Lipinski definition) is 4. The molecular formula is C6H14N2O2. The van der Waals surface area contributed by atoms with Crippen LogP contribution in [0.15, 0.2) is 0 Å². The van der Waals surface area contributed by atoms with E-state index in [4.69, 9.17) is 10.6 Å². The summed E-state index contributed by atoms with van der Waals surface area (Å²) >= 11 is 0. The second-order valence-electron chi connectivity index (χ2n) is 2.52. The van der Waals surface area contributed by atoms with Crippen LogP contribution in [0.2, 0.25) is 0 Å². The van der Waals surface area contributed by atoms with Crippen molar-refractivity contribution < 1.29 is 9.84 Å². The van der Waals surface area contributed by atoms with Crippen LogP contribution in [0.1, 0.15) is 6.92 Å². The normalized spacial score (nSPS) is 35.1. The summed E-state index contributed by atoms with van der Waals surface area (Å²) < 4.78 is 5.21. The molecule has 0 radical (unpaired) electrons. The van der Waals surface area contributed by atoms with Crippen LogP contribution in [0.4, 0.5) is 0 Å². The Labute approximate surface area is 60.5 Å². The molecule has 4 nitrogen and oxygen atoms in total. The van der Waals surface area contributed by atoms with Gasteiger partial charge in [0.25, 0.3) is 0 Å². The molecule has 4 heteroatoms. The van der Waals surface area contributed by atoms with E-state index in [1.807, 2.05) is 6.92 Å². The molecule has 1 aliphatic heterocycles. The number of hydrogen-bond donors (Lipinski definition) is 2. The number of nitrogens with zero attached hydrogens (tertiary/aromatic N) is 1. The van der Waals surface area contributed by atoms with Crippen molar-refractivity contribution in [1.82, 2.24) is 5.01 Å². The van der Waals surface area contributed by atoms with Crippen LogP contribution in [-0.2, 0) is 4.74 Å². The van der Waals surface area contributed by atoms with E-state index in [0.29, 0.717) is 19.7 Å². The Morgan fingerprint density at radius 1 is 1.70 bits per heavy atom. The summed E-state index contributed by atoms with van der Waals surface area (Å²) in [4.78, 5) is 0. The zero-order valence-electron chi connectivity index (χ0n) is 6.16. The van der Waals surface area contributed by atoms with Gasteiger partial charge in [-0.25, -0.2) is 5.01 Å². The largest absolute Gasteiger partial charge is 0.389 e. The molecule has 1 heterocycles. The van der Waals surface area contributed by atoms with E-state index in [-0.39, 0.29) is 6.10 Å². The zero-order valence-corrected chi connectivity index (χ0v) is 6.16.